The summed E-state index contributed by atoms with van der Waals surface area (Å²) in [5.74, 6) is -3.69. The summed E-state index contributed by atoms with van der Waals surface area (Å²) in [5, 5.41) is 7.12. The van der Waals surface area contributed by atoms with Crippen molar-refractivity contribution in [3.05, 3.63) is 30.3 Å². The predicted octanol–water partition coefficient (Wildman–Crippen LogP) is 0.559. The number of nitrogens with one attached hydrogen (secondary N) is 1. The quantitative estimate of drug-likeness (QED) is 0.188. The third-order valence-corrected chi connectivity index (χ3v) is 4.53. The smallest absolute Gasteiger partial charge is 0.475 e. The Bertz CT molecular complexity index is 801. The Balaban J connectivity index is 0.000000956. The number of amidine groups is 1. The van der Waals surface area contributed by atoms with E-state index in [1.54, 1.807) is 18.2 Å². The largest absolute Gasteiger partial charge is 0.490 e. The summed E-state index contributed by atoms with van der Waals surface area (Å²) in [6, 6.07) is 6.58. The Morgan fingerprint density at radius 1 is 1.17 bits per heavy atom. The molecule has 0 saturated carbocycles. The van der Waals surface area contributed by atoms with Gasteiger partial charge in [-0.05, 0) is 25.0 Å². The first-order valence-corrected chi connectivity index (χ1v) is 9.31. The minimum absolute atomic E-state index is 0.0425. The summed E-state index contributed by atoms with van der Waals surface area (Å²) in [7, 11) is -3.83. The lowest BCUT2D eigenvalue weighted by Gasteiger charge is -2.15. The number of benzene rings is 1. The van der Waals surface area contributed by atoms with Crippen molar-refractivity contribution in [2.75, 3.05) is 13.2 Å². The van der Waals surface area contributed by atoms with Crippen molar-refractivity contribution >= 4 is 27.7 Å². The molecular formula is C15H20F4N4O5S. The second kappa shape index (κ2) is 12.0. The third-order valence-electron chi connectivity index (χ3n) is 3.04. The molecule has 0 radical (unpaired) electrons. The Labute approximate surface area is 163 Å². The van der Waals surface area contributed by atoms with Crippen LogP contribution in [0.15, 0.2) is 40.2 Å². The van der Waals surface area contributed by atoms with Crippen LogP contribution in [-0.2, 0) is 19.6 Å². The molecule has 1 atom stereocenters. The molecule has 1 aromatic carbocycles. The molecule has 0 bridgehead atoms. The molecule has 1 rings (SSSR count). The molecule has 6 N–H and O–H groups in total. The third kappa shape index (κ3) is 11.0. The minimum Gasteiger partial charge on any atom is -0.475 e. The van der Waals surface area contributed by atoms with Gasteiger partial charge in [0.15, 0.2) is 0 Å². The van der Waals surface area contributed by atoms with Gasteiger partial charge in [-0.15, -0.1) is 0 Å². The van der Waals surface area contributed by atoms with E-state index in [1.807, 2.05) is 0 Å². The molecule has 0 spiro atoms. The predicted molar refractivity (Wildman–Crippen MR) is 95.1 cm³/mol. The van der Waals surface area contributed by atoms with Gasteiger partial charge in [0.1, 0.15) is 18.6 Å². The number of carbonyl (C=O) groups is 2. The van der Waals surface area contributed by atoms with E-state index in [2.05, 4.69) is 9.71 Å². The molecule has 0 unspecified atom stereocenters. The van der Waals surface area contributed by atoms with E-state index in [0.29, 0.717) is 6.42 Å². The number of sulfonamides is 1. The fraction of sp³-hybridized carbons (Fsp3) is 0.400. The van der Waals surface area contributed by atoms with Crippen molar-refractivity contribution < 1.29 is 40.7 Å². The fourth-order valence-electron chi connectivity index (χ4n) is 1.67. The first kappa shape index (κ1) is 26.3. The van der Waals surface area contributed by atoms with E-state index in [1.165, 1.54) is 12.1 Å². The highest BCUT2D eigenvalue weighted by atomic mass is 32.2. The summed E-state index contributed by atoms with van der Waals surface area (Å²) < 4.78 is 70.3. The van der Waals surface area contributed by atoms with E-state index in [4.69, 9.17) is 21.4 Å². The summed E-state index contributed by atoms with van der Waals surface area (Å²) in [4.78, 5) is 24.0. The summed E-state index contributed by atoms with van der Waals surface area (Å²) in [6.07, 6.45) is -4.60. The highest BCUT2D eigenvalue weighted by Gasteiger charge is 2.38. The van der Waals surface area contributed by atoms with Gasteiger partial charge in [-0.2, -0.15) is 17.9 Å². The van der Waals surface area contributed by atoms with Gasteiger partial charge in [0.2, 0.25) is 15.9 Å². The highest BCUT2D eigenvalue weighted by molar-refractivity contribution is 7.89. The summed E-state index contributed by atoms with van der Waals surface area (Å²) >= 11 is 0. The lowest BCUT2D eigenvalue weighted by atomic mass is 10.1. The molecule has 29 heavy (non-hydrogen) atoms. The Kier molecular flexibility index (Phi) is 10.8. The summed E-state index contributed by atoms with van der Waals surface area (Å²) in [5.41, 5.74) is 10.4. The van der Waals surface area contributed by atoms with E-state index >= 15 is 0 Å². The van der Waals surface area contributed by atoms with Crippen LogP contribution >= 0.6 is 0 Å². The topological polar surface area (TPSA) is 165 Å². The number of rotatable bonds is 9. The van der Waals surface area contributed by atoms with Gasteiger partial charge >= 0.3 is 12.1 Å². The zero-order chi connectivity index (χ0) is 22.7. The number of hydrogen-bond acceptors (Lipinski definition) is 5. The zero-order valence-corrected chi connectivity index (χ0v) is 15.7. The number of aliphatic carboxylic acids is 1. The standard InChI is InChI=1S/C13H19FN4O3S.C2HF3O2/c14-9-12(15)17-8-4-7-11(13(16)19)18-22(20,21)10-5-2-1-3-6-10;3-2(4,5)1(6)7/h1-3,5-6,11,18H,4,7-9H2,(H2,15,17)(H2,16,19);(H,6,7)/t11-;/m0./s1. The second-order valence-electron chi connectivity index (χ2n) is 5.34. The molecule has 0 heterocycles. The number of carboxylic acids is 1. The Hall–Kier alpha value is -2.74. The van der Waals surface area contributed by atoms with Crippen LogP contribution in [0.4, 0.5) is 17.6 Å². The van der Waals surface area contributed by atoms with Gasteiger partial charge in [-0.25, -0.2) is 17.6 Å². The lowest BCUT2D eigenvalue weighted by Crippen LogP contribution is -2.44. The van der Waals surface area contributed by atoms with Crippen LogP contribution in [0.1, 0.15) is 12.8 Å². The van der Waals surface area contributed by atoms with Crippen LogP contribution < -0.4 is 16.2 Å². The zero-order valence-electron chi connectivity index (χ0n) is 14.9. The van der Waals surface area contributed by atoms with Crippen LogP contribution in [0.2, 0.25) is 0 Å². The van der Waals surface area contributed by atoms with Crippen molar-refractivity contribution in [2.45, 2.75) is 30.0 Å². The van der Waals surface area contributed by atoms with Crippen LogP contribution in [0, 0.1) is 0 Å². The fourth-order valence-corrected chi connectivity index (χ4v) is 2.93. The maximum absolute atomic E-state index is 12.1. The first-order valence-electron chi connectivity index (χ1n) is 7.82. The number of nitrogens with zero attached hydrogens (tertiary/aromatic N) is 1. The van der Waals surface area contributed by atoms with Crippen LogP contribution in [-0.4, -0.2) is 56.7 Å². The molecule has 14 heteroatoms. The van der Waals surface area contributed by atoms with Gasteiger partial charge in [-0.3, -0.25) is 9.79 Å². The second-order valence-corrected chi connectivity index (χ2v) is 7.06. The molecule has 0 aromatic heterocycles. The molecule has 0 aliphatic carbocycles. The molecule has 1 aromatic rings. The lowest BCUT2D eigenvalue weighted by molar-refractivity contribution is -0.192. The van der Waals surface area contributed by atoms with E-state index in [0.717, 1.165) is 0 Å². The van der Waals surface area contributed by atoms with Crippen LogP contribution in [0.3, 0.4) is 0 Å². The van der Waals surface area contributed by atoms with E-state index < -0.39 is 40.8 Å². The SMILES string of the molecule is NC(=O)[C@H](CCCN=C(N)CF)NS(=O)(=O)c1ccccc1.O=C(O)C(F)(F)F. The number of primary amides is 1. The van der Waals surface area contributed by atoms with Gasteiger partial charge in [0, 0.05) is 6.54 Å². The highest BCUT2D eigenvalue weighted by Crippen LogP contribution is 2.13. The number of aliphatic imine (C=N–C) groups is 1. The number of alkyl halides is 4. The Morgan fingerprint density at radius 2 is 1.69 bits per heavy atom. The molecule has 164 valence electrons. The van der Waals surface area contributed by atoms with E-state index in [-0.39, 0.29) is 23.7 Å². The molecule has 0 aliphatic rings. The van der Waals surface area contributed by atoms with Crippen molar-refractivity contribution in [1.29, 1.82) is 0 Å². The molecule has 0 saturated heterocycles. The number of nitrogens with two attached hydrogens (primary N) is 2. The van der Waals surface area contributed by atoms with Crippen molar-refractivity contribution in [1.82, 2.24) is 4.72 Å². The average Bonchev–Trinajstić information content (AvgIpc) is 2.64. The van der Waals surface area contributed by atoms with Gasteiger partial charge < -0.3 is 16.6 Å². The normalized spacial score (nSPS) is 13.2. The summed E-state index contributed by atoms with van der Waals surface area (Å²) in [6.45, 7) is -0.660. The minimum atomic E-state index is -5.08. The van der Waals surface area contributed by atoms with Gasteiger partial charge in [0.25, 0.3) is 0 Å². The number of carbonyl (C=O) groups excluding carboxylic acids is 1. The van der Waals surface area contributed by atoms with Crippen molar-refractivity contribution in [2.24, 2.45) is 16.5 Å². The maximum Gasteiger partial charge on any atom is 0.490 e. The van der Waals surface area contributed by atoms with Gasteiger partial charge in [-0.1, -0.05) is 18.2 Å². The van der Waals surface area contributed by atoms with Gasteiger partial charge in [0.05, 0.1) is 4.90 Å². The molecular weight excluding hydrogens is 424 g/mol. The molecule has 0 fully saturated rings. The van der Waals surface area contributed by atoms with E-state index in [9.17, 15) is 30.8 Å². The Morgan fingerprint density at radius 3 is 2.10 bits per heavy atom. The van der Waals surface area contributed by atoms with Crippen LogP contribution in [0.5, 0.6) is 0 Å². The van der Waals surface area contributed by atoms with Crippen LogP contribution in [0.25, 0.3) is 0 Å². The maximum atomic E-state index is 12.1. The molecule has 1 amide bonds. The number of amides is 1. The monoisotopic (exact) mass is 444 g/mol. The average molecular weight is 444 g/mol. The number of hydrogen-bond donors (Lipinski definition) is 4. The molecule has 0 aliphatic heterocycles. The number of halogens is 4. The molecule has 9 nitrogen and oxygen atoms in total. The first-order chi connectivity index (χ1) is 13.3. The van der Waals surface area contributed by atoms with Crippen molar-refractivity contribution in [3.8, 4) is 0 Å². The number of carboxylic acid groups (broad SMARTS) is 1. The van der Waals surface area contributed by atoms with Crippen molar-refractivity contribution in [3.63, 3.8) is 0 Å².